The minimum Gasteiger partial charge on any atom is -0.289 e. The van der Waals surface area contributed by atoms with Crippen molar-refractivity contribution >= 4 is 11.9 Å². The van der Waals surface area contributed by atoms with Gasteiger partial charge in [0.05, 0.1) is 6.54 Å². The summed E-state index contributed by atoms with van der Waals surface area (Å²) < 4.78 is 1.26. The molecule has 0 unspecified atom stereocenters. The SMILES string of the molecule is Cc1cc(C)nc(NC(=O)c2ccc(=O)n(Cc3ccccc3)n2)n1. The minimum atomic E-state index is -0.466. The van der Waals surface area contributed by atoms with Gasteiger partial charge in [-0.1, -0.05) is 30.3 Å². The van der Waals surface area contributed by atoms with E-state index in [0.717, 1.165) is 17.0 Å². The molecule has 1 N–H and O–H groups in total. The van der Waals surface area contributed by atoms with Gasteiger partial charge in [0.2, 0.25) is 5.95 Å². The Balaban J connectivity index is 1.83. The van der Waals surface area contributed by atoms with E-state index in [-0.39, 0.29) is 17.2 Å². The number of carbonyl (C=O) groups excluding carboxylic acids is 1. The molecule has 0 saturated heterocycles. The number of anilines is 1. The molecule has 7 nitrogen and oxygen atoms in total. The zero-order chi connectivity index (χ0) is 17.8. The zero-order valence-corrected chi connectivity index (χ0v) is 13.9. The van der Waals surface area contributed by atoms with Crippen LogP contribution in [-0.2, 0) is 6.54 Å². The summed E-state index contributed by atoms with van der Waals surface area (Å²) in [5, 5.41) is 6.76. The summed E-state index contributed by atoms with van der Waals surface area (Å²) in [5.41, 5.74) is 2.28. The number of benzene rings is 1. The molecule has 0 fully saturated rings. The smallest absolute Gasteiger partial charge is 0.278 e. The molecule has 7 heteroatoms. The molecule has 0 radical (unpaired) electrons. The standard InChI is InChI=1S/C18H17N5O2/c1-12-10-13(2)20-18(19-12)21-17(25)15-8-9-16(24)23(22-15)11-14-6-4-3-5-7-14/h3-10H,11H2,1-2H3,(H,19,20,21,25). The van der Waals surface area contributed by atoms with Crippen LogP contribution in [0.3, 0.4) is 0 Å². The summed E-state index contributed by atoms with van der Waals surface area (Å²) >= 11 is 0. The third-order valence-corrected chi connectivity index (χ3v) is 3.48. The number of nitrogens with zero attached hydrogens (tertiary/aromatic N) is 4. The van der Waals surface area contributed by atoms with Crippen molar-refractivity contribution in [2.45, 2.75) is 20.4 Å². The van der Waals surface area contributed by atoms with Crippen LogP contribution in [0.4, 0.5) is 5.95 Å². The fraction of sp³-hybridized carbons (Fsp3) is 0.167. The first-order valence-corrected chi connectivity index (χ1v) is 7.77. The van der Waals surface area contributed by atoms with Crippen LogP contribution in [0.2, 0.25) is 0 Å². The second kappa shape index (κ2) is 7.04. The maximum Gasteiger partial charge on any atom is 0.278 e. The van der Waals surface area contributed by atoms with E-state index in [0.29, 0.717) is 6.54 Å². The molecule has 0 bridgehead atoms. The summed E-state index contributed by atoms with van der Waals surface area (Å²) in [5.74, 6) is -0.253. The molecule has 25 heavy (non-hydrogen) atoms. The predicted molar refractivity (Wildman–Crippen MR) is 93.5 cm³/mol. The highest BCUT2D eigenvalue weighted by molar-refractivity contribution is 6.01. The molecule has 1 aromatic carbocycles. The van der Waals surface area contributed by atoms with Crippen molar-refractivity contribution in [2.24, 2.45) is 0 Å². The maximum absolute atomic E-state index is 12.4. The van der Waals surface area contributed by atoms with E-state index in [1.54, 1.807) is 0 Å². The molecule has 2 heterocycles. The second-order valence-corrected chi connectivity index (χ2v) is 5.63. The molecule has 3 rings (SSSR count). The Kier molecular flexibility index (Phi) is 4.65. The Labute approximate surface area is 144 Å². The van der Waals surface area contributed by atoms with Gasteiger partial charge in [0.15, 0.2) is 0 Å². The Hall–Kier alpha value is -3.35. The van der Waals surface area contributed by atoms with Gasteiger partial charge in [0.25, 0.3) is 11.5 Å². The van der Waals surface area contributed by atoms with E-state index >= 15 is 0 Å². The second-order valence-electron chi connectivity index (χ2n) is 5.63. The molecule has 0 spiro atoms. The summed E-state index contributed by atoms with van der Waals surface area (Å²) in [6.45, 7) is 3.94. The number of hydrogen-bond acceptors (Lipinski definition) is 5. The molecular weight excluding hydrogens is 318 g/mol. The topological polar surface area (TPSA) is 89.8 Å². The van der Waals surface area contributed by atoms with Gasteiger partial charge in [-0.3, -0.25) is 14.9 Å². The number of carbonyl (C=O) groups is 1. The lowest BCUT2D eigenvalue weighted by molar-refractivity contribution is 0.101. The fourth-order valence-electron chi connectivity index (χ4n) is 2.39. The van der Waals surface area contributed by atoms with Crippen molar-refractivity contribution in [1.82, 2.24) is 19.7 Å². The fourth-order valence-corrected chi connectivity index (χ4v) is 2.39. The van der Waals surface area contributed by atoms with Crippen LogP contribution in [0.25, 0.3) is 0 Å². The molecule has 0 saturated carbocycles. The highest BCUT2D eigenvalue weighted by atomic mass is 16.2. The number of nitrogens with one attached hydrogen (secondary N) is 1. The largest absolute Gasteiger partial charge is 0.289 e. The maximum atomic E-state index is 12.4. The molecule has 2 aromatic heterocycles. The third-order valence-electron chi connectivity index (χ3n) is 3.48. The van der Waals surface area contributed by atoms with E-state index in [1.165, 1.54) is 16.8 Å². The van der Waals surface area contributed by atoms with Gasteiger partial charge in [-0.2, -0.15) is 5.10 Å². The van der Waals surface area contributed by atoms with E-state index < -0.39 is 5.91 Å². The van der Waals surface area contributed by atoms with Crippen LogP contribution < -0.4 is 10.9 Å². The van der Waals surface area contributed by atoms with Gasteiger partial charge in [-0.25, -0.2) is 14.6 Å². The lowest BCUT2D eigenvalue weighted by Crippen LogP contribution is -2.27. The molecule has 1 amide bonds. The Morgan fingerprint density at radius 3 is 2.40 bits per heavy atom. The number of hydrogen-bond donors (Lipinski definition) is 1. The van der Waals surface area contributed by atoms with Gasteiger partial charge in [0.1, 0.15) is 5.69 Å². The molecule has 0 aliphatic heterocycles. The molecule has 0 aliphatic rings. The first-order valence-electron chi connectivity index (χ1n) is 7.77. The molecule has 0 atom stereocenters. The van der Waals surface area contributed by atoms with Crippen LogP contribution >= 0.6 is 0 Å². The molecule has 0 aliphatic carbocycles. The number of aryl methyl sites for hydroxylation is 2. The first-order chi connectivity index (χ1) is 12.0. The zero-order valence-electron chi connectivity index (χ0n) is 13.9. The van der Waals surface area contributed by atoms with Crippen LogP contribution in [0.1, 0.15) is 27.4 Å². The third kappa shape index (κ3) is 4.14. The highest BCUT2D eigenvalue weighted by Gasteiger charge is 2.12. The average Bonchev–Trinajstić information content (AvgIpc) is 2.57. The van der Waals surface area contributed by atoms with Crippen LogP contribution in [-0.4, -0.2) is 25.7 Å². The summed E-state index contributed by atoms with van der Waals surface area (Å²) in [6.07, 6.45) is 0. The van der Waals surface area contributed by atoms with Gasteiger partial charge < -0.3 is 0 Å². The van der Waals surface area contributed by atoms with Crippen molar-refractivity contribution in [1.29, 1.82) is 0 Å². The monoisotopic (exact) mass is 335 g/mol. The summed E-state index contributed by atoms with van der Waals surface area (Å²) in [6, 6.07) is 14.0. The van der Waals surface area contributed by atoms with Gasteiger partial charge >= 0.3 is 0 Å². The van der Waals surface area contributed by atoms with Gasteiger partial charge in [-0.05, 0) is 31.5 Å². The minimum absolute atomic E-state index is 0.123. The number of aromatic nitrogens is 4. The van der Waals surface area contributed by atoms with Crippen molar-refractivity contribution in [3.05, 3.63) is 81.5 Å². The van der Waals surface area contributed by atoms with Crippen molar-refractivity contribution < 1.29 is 4.79 Å². The quantitative estimate of drug-likeness (QED) is 0.787. The summed E-state index contributed by atoms with van der Waals surface area (Å²) in [7, 11) is 0. The molecular formula is C18H17N5O2. The van der Waals surface area contributed by atoms with E-state index in [2.05, 4.69) is 20.4 Å². The summed E-state index contributed by atoms with van der Waals surface area (Å²) in [4.78, 5) is 32.7. The van der Waals surface area contributed by atoms with E-state index in [1.807, 2.05) is 50.2 Å². The Morgan fingerprint density at radius 1 is 1.04 bits per heavy atom. The normalized spacial score (nSPS) is 10.5. The van der Waals surface area contributed by atoms with E-state index in [4.69, 9.17) is 0 Å². The lowest BCUT2D eigenvalue weighted by atomic mass is 10.2. The number of rotatable bonds is 4. The van der Waals surface area contributed by atoms with Crippen LogP contribution in [0.15, 0.2) is 53.3 Å². The van der Waals surface area contributed by atoms with Crippen molar-refractivity contribution in [2.75, 3.05) is 5.32 Å². The number of amides is 1. The van der Waals surface area contributed by atoms with Crippen LogP contribution in [0.5, 0.6) is 0 Å². The predicted octanol–water partition coefficient (Wildman–Crippen LogP) is 1.95. The van der Waals surface area contributed by atoms with E-state index in [9.17, 15) is 9.59 Å². The Bertz CT molecular complexity index is 946. The highest BCUT2D eigenvalue weighted by Crippen LogP contribution is 2.06. The van der Waals surface area contributed by atoms with Gasteiger partial charge in [0, 0.05) is 17.5 Å². The first kappa shape index (κ1) is 16.5. The van der Waals surface area contributed by atoms with Gasteiger partial charge in [-0.15, -0.1) is 0 Å². The average molecular weight is 335 g/mol. The molecule has 3 aromatic rings. The van der Waals surface area contributed by atoms with Crippen molar-refractivity contribution in [3.63, 3.8) is 0 Å². The van der Waals surface area contributed by atoms with Crippen molar-refractivity contribution in [3.8, 4) is 0 Å². The Morgan fingerprint density at radius 2 is 1.72 bits per heavy atom. The molecule has 126 valence electrons. The van der Waals surface area contributed by atoms with Crippen LogP contribution in [0, 0.1) is 13.8 Å². The lowest BCUT2D eigenvalue weighted by Gasteiger charge is -2.08.